The first-order chi connectivity index (χ1) is 15.0. The quantitative estimate of drug-likeness (QED) is 0.306. The van der Waals surface area contributed by atoms with Crippen molar-refractivity contribution in [1.29, 1.82) is 0 Å². The zero-order valence-corrected chi connectivity index (χ0v) is 19.5. The zero-order chi connectivity index (χ0) is 26.6. The minimum absolute atomic E-state index is 0.425. The van der Waals surface area contributed by atoms with Gasteiger partial charge in [0.15, 0.2) is 34.9 Å². The Labute approximate surface area is 186 Å². The molecular weight excluding hydrogens is 440 g/mol. The summed E-state index contributed by atoms with van der Waals surface area (Å²) in [4.78, 5) is 0. The molecule has 2 aromatic carbocycles. The predicted molar refractivity (Wildman–Crippen MR) is 118 cm³/mol. The van der Waals surface area contributed by atoms with Gasteiger partial charge >= 0.3 is 14.2 Å². The van der Waals surface area contributed by atoms with Gasteiger partial charge in [0.25, 0.3) is 0 Å². The highest BCUT2D eigenvalue weighted by Gasteiger charge is 2.18. The average Bonchev–Trinajstić information content (AvgIpc) is 2.80. The highest BCUT2D eigenvalue weighted by molar-refractivity contribution is 6.58. The second-order valence-corrected chi connectivity index (χ2v) is 4.34. The lowest BCUT2D eigenvalue weighted by Gasteiger charge is -2.00. The van der Waals surface area contributed by atoms with Crippen molar-refractivity contribution in [2.75, 3.05) is 0 Å². The molecule has 0 saturated heterocycles. The summed E-state index contributed by atoms with van der Waals surface area (Å²) in [6.07, 6.45) is 0. The third kappa shape index (κ3) is 14.1. The summed E-state index contributed by atoms with van der Waals surface area (Å²) < 4.78 is 74.0. The van der Waals surface area contributed by atoms with Crippen molar-refractivity contribution in [1.82, 2.24) is 0 Å². The molecule has 32 heavy (non-hydrogen) atoms. The molecule has 0 aliphatic carbocycles. The van der Waals surface area contributed by atoms with Gasteiger partial charge in [-0.05, 0) is 35.2 Å². The molecule has 0 heterocycles. The fourth-order valence-corrected chi connectivity index (χ4v) is 1.45. The normalized spacial score (nSPS) is 8.31. The van der Waals surface area contributed by atoms with Gasteiger partial charge in [0.2, 0.25) is 0 Å². The Balaban J connectivity index is -0.000000187. The van der Waals surface area contributed by atoms with Gasteiger partial charge in [-0.15, -0.1) is 0 Å². The van der Waals surface area contributed by atoms with Crippen molar-refractivity contribution in [3.8, 4) is 0 Å². The molecule has 0 amide bonds. The van der Waals surface area contributed by atoms with E-state index in [1.807, 2.05) is 55.4 Å². The third-order valence-electron chi connectivity index (χ3n) is 2.61. The minimum atomic E-state index is -2.00. The maximum Gasteiger partial charge on any atom is 0.488 e. The zero-order valence-electron chi connectivity index (χ0n) is 19.5. The molecule has 184 valence electrons. The highest BCUT2D eigenvalue weighted by atomic mass is 19.2. The van der Waals surface area contributed by atoms with E-state index in [9.17, 15) is 26.3 Å². The molecular formula is C20H32B2F6O4. The second-order valence-electron chi connectivity index (χ2n) is 4.34. The van der Waals surface area contributed by atoms with Crippen LogP contribution in [0.2, 0.25) is 0 Å². The van der Waals surface area contributed by atoms with E-state index in [0.717, 1.165) is 0 Å². The monoisotopic (exact) mass is 472 g/mol. The SMILES string of the molecule is CC.CC.CC.CC.OB(O)c1cc(F)c(F)c(F)c1.OB(O)c1cc(F)c(F)c(F)c1. The molecule has 0 aliphatic rings. The number of benzene rings is 2. The number of hydrogen-bond donors (Lipinski definition) is 4. The molecule has 0 atom stereocenters. The van der Waals surface area contributed by atoms with Crippen LogP contribution in [0.3, 0.4) is 0 Å². The molecule has 0 spiro atoms. The number of halogens is 6. The summed E-state index contributed by atoms with van der Waals surface area (Å²) in [6.45, 7) is 16.0. The van der Waals surface area contributed by atoms with E-state index < -0.39 is 60.1 Å². The molecule has 0 aromatic heterocycles. The molecule has 0 radical (unpaired) electrons. The van der Waals surface area contributed by atoms with Crippen molar-refractivity contribution < 1.29 is 46.4 Å². The van der Waals surface area contributed by atoms with Crippen LogP contribution >= 0.6 is 0 Å². The first-order valence-corrected chi connectivity index (χ1v) is 10.1. The molecule has 4 nitrogen and oxygen atoms in total. The number of rotatable bonds is 2. The molecule has 0 unspecified atom stereocenters. The van der Waals surface area contributed by atoms with E-state index in [2.05, 4.69) is 0 Å². The van der Waals surface area contributed by atoms with Gasteiger partial charge < -0.3 is 20.1 Å². The molecule has 2 aromatic rings. The molecule has 0 bridgehead atoms. The van der Waals surface area contributed by atoms with Gasteiger partial charge in [0.1, 0.15) is 0 Å². The van der Waals surface area contributed by atoms with E-state index in [-0.39, 0.29) is 0 Å². The highest BCUT2D eigenvalue weighted by Crippen LogP contribution is 2.08. The average molecular weight is 472 g/mol. The number of hydrogen-bond acceptors (Lipinski definition) is 4. The fraction of sp³-hybridized carbons (Fsp3) is 0.400. The molecule has 2 rings (SSSR count). The van der Waals surface area contributed by atoms with Crippen LogP contribution in [0.15, 0.2) is 24.3 Å². The molecule has 4 N–H and O–H groups in total. The molecule has 0 saturated carbocycles. The summed E-state index contributed by atoms with van der Waals surface area (Å²) in [5.74, 6) is -9.04. The smallest absolute Gasteiger partial charge is 0.423 e. The Bertz CT molecular complexity index is 628. The Kier molecular flexibility index (Phi) is 25.9. The Morgan fingerprint density at radius 2 is 0.594 bits per heavy atom. The van der Waals surface area contributed by atoms with E-state index >= 15 is 0 Å². The Morgan fingerprint density at radius 3 is 0.719 bits per heavy atom. The van der Waals surface area contributed by atoms with Crippen LogP contribution in [0, 0.1) is 34.9 Å². The van der Waals surface area contributed by atoms with Crippen molar-refractivity contribution in [2.24, 2.45) is 0 Å². The Morgan fingerprint density at radius 1 is 0.438 bits per heavy atom. The van der Waals surface area contributed by atoms with Gasteiger partial charge in [-0.25, -0.2) is 26.3 Å². The van der Waals surface area contributed by atoms with E-state index in [0.29, 0.717) is 24.3 Å². The van der Waals surface area contributed by atoms with Gasteiger partial charge in [0, 0.05) is 0 Å². The van der Waals surface area contributed by atoms with Crippen molar-refractivity contribution >= 4 is 25.2 Å². The summed E-state index contributed by atoms with van der Waals surface area (Å²) in [5, 5.41) is 33.9. The van der Waals surface area contributed by atoms with Crippen LogP contribution in [0.5, 0.6) is 0 Å². The van der Waals surface area contributed by atoms with Crippen LogP contribution in [0.1, 0.15) is 55.4 Å². The second kappa shape index (κ2) is 22.2. The van der Waals surface area contributed by atoms with Gasteiger partial charge in [0.05, 0.1) is 0 Å². The minimum Gasteiger partial charge on any atom is -0.423 e. The fourth-order valence-electron chi connectivity index (χ4n) is 1.45. The summed E-state index contributed by atoms with van der Waals surface area (Å²) in [5.41, 5.74) is -0.849. The summed E-state index contributed by atoms with van der Waals surface area (Å²) in [6, 6.07) is 2.07. The van der Waals surface area contributed by atoms with Crippen molar-refractivity contribution in [3.05, 3.63) is 59.2 Å². The van der Waals surface area contributed by atoms with E-state index in [4.69, 9.17) is 20.1 Å². The lowest BCUT2D eigenvalue weighted by atomic mass is 9.80. The van der Waals surface area contributed by atoms with Gasteiger partial charge in [-0.2, -0.15) is 0 Å². The van der Waals surface area contributed by atoms with Gasteiger partial charge in [-0.3, -0.25) is 0 Å². The first kappa shape index (κ1) is 37.3. The summed E-state index contributed by atoms with van der Waals surface area (Å²) in [7, 11) is -4.01. The van der Waals surface area contributed by atoms with Crippen LogP contribution < -0.4 is 10.9 Å². The lowest BCUT2D eigenvalue weighted by Crippen LogP contribution is -2.30. The van der Waals surface area contributed by atoms with Crippen molar-refractivity contribution in [2.45, 2.75) is 55.4 Å². The molecule has 12 heteroatoms. The third-order valence-corrected chi connectivity index (χ3v) is 2.61. The van der Waals surface area contributed by atoms with E-state index in [1.54, 1.807) is 0 Å². The Hall–Kier alpha value is -2.01. The standard InChI is InChI=1S/2C6H4BF3O2.4C2H6/c2*8-4-1-3(7(11)12)2-5(9)6(4)10;4*1-2/h2*1-2,11-12H;4*1-2H3. The lowest BCUT2D eigenvalue weighted by molar-refractivity contribution is 0.420. The van der Waals surface area contributed by atoms with Gasteiger partial charge in [-0.1, -0.05) is 55.4 Å². The van der Waals surface area contributed by atoms with E-state index in [1.165, 1.54) is 0 Å². The summed E-state index contributed by atoms with van der Waals surface area (Å²) >= 11 is 0. The molecule has 0 aliphatic heterocycles. The topological polar surface area (TPSA) is 80.9 Å². The van der Waals surface area contributed by atoms with Crippen LogP contribution in [0.4, 0.5) is 26.3 Å². The molecule has 0 fully saturated rings. The van der Waals surface area contributed by atoms with Crippen molar-refractivity contribution in [3.63, 3.8) is 0 Å². The maximum atomic E-state index is 12.4. The van der Waals surface area contributed by atoms with Crippen LogP contribution in [-0.2, 0) is 0 Å². The predicted octanol–water partition coefficient (Wildman–Crippen LogP) is 3.67. The van der Waals surface area contributed by atoms with Crippen LogP contribution in [-0.4, -0.2) is 34.3 Å². The van der Waals surface area contributed by atoms with Crippen LogP contribution in [0.25, 0.3) is 0 Å². The maximum absolute atomic E-state index is 12.4. The largest absolute Gasteiger partial charge is 0.488 e. The first-order valence-electron chi connectivity index (χ1n) is 10.1.